The lowest BCUT2D eigenvalue weighted by atomic mass is 9.96. The molecular weight excluding hydrogens is 272 g/mol. The van der Waals surface area contributed by atoms with E-state index in [0.717, 1.165) is 0 Å². The van der Waals surface area contributed by atoms with Crippen molar-refractivity contribution in [3.8, 4) is 0 Å². The zero-order chi connectivity index (χ0) is 10.6. The molecule has 0 aliphatic carbocycles. The van der Waals surface area contributed by atoms with Gasteiger partial charge in [-0.3, -0.25) is 9.59 Å². The van der Waals surface area contributed by atoms with Gasteiger partial charge in [0, 0.05) is 0 Å². The third-order valence-corrected chi connectivity index (χ3v) is 1.29. The minimum Gasteiger partial charge on any atom is -0.481 e. The Balaban J connectivity index is -0.0000000720. The van der Waals surface area contributed by atoms with Gasteiger partial charge >= 0.3 is 41.0 Å². The van der Waals surface area contributed by atoms with E-state index in [9.17, 15) is 14.4 Å². The summed E-state index contributed by atoms with van der Waals surface area (Å²) >= 11 is 0. The fourth-order valence-corrected chi connectivity index (χ4v) is 0.714. The number of carbonyl (C=O) groups is 3. The summed E-state index contributed by atoms with van der Waals surface area (Å²) in [6.45, 7) is 0. The Morgan fingerprint density at radius 1 is 0.778 bits per heavy atom. The van der Waals surface area contributed by atoms with Crippen molar-refractivity contribution >= 4 is 41.0 Å². The largest absolute Gasteiger partial charge is 0.481 e. The van der Waals surface area contributed by atoms with E-state index >= 15 is 0 Å². The highest BCUT2D eigenvalue weighted by Gasteiger charge is 2.40. The monoisotopic (exact) mass is 290 g/mol. The van der Waals surface area contributed by atoms with Crippen LogP contribution in [0.15, 0.2) is 0 Å². The second-order valence-electron chi connectivity index (χ2n) is 2.48. The van der Waals surface area contributed by atoms with Crippen molar-refractivity contribution in [3.63, 3.8) is 0 Å². The smallest absolute Gasteiger partial charge is 0.336 e. The molecule has 0 fully saturated rings. The molecule has 0 heterocycles. The van der Waals surface area contributed by atoms with Crippen molar-refractivity contribution in [2.24, 2.45) is 0 Å². The van der Waals surface area contributed by atoms with Gasteiger partial charge in [-0.1, -0.05) is 0 Å². The molecule has 0 bridgehead atoms. The van der Waals surface area contributed by atoms with Gasteiger partial charge in [0.25, 0.3) is 0 Å². The number of hydrogen-bond donors (Lipinski definition) is 4. The van der Waals surface area contributed by atoms with E-state index < -0.39 is 36.4 Å². The molecule has 0 saturated carbocycles. The molecule has 12 heteroatoms. The highest BCUT2D eigenvalue weighted by atomic mass is 24.3. The second-order valence-corrected chi connectivity index (χ2v) is 2.48. The van der Waals surface area contributed by atoms with Crippen LogP contribution in [0, 0.1) is 0 Å². The van der Waals surface area contributed by atoms with Gasteiger partial charge in [-0.2, -0.15) is 0 Å². The fourth-order valence-electron chi connectivity index (χ4n) is 0.714. The topological polar surface area (TPSA) is 258 Å². The van der Waals surface area contributed by atoms with E-state index in [1.54, 1.807) is 0 Å². The van der Waals surface area contributed by atoms with Crippen LogP contribution < -0.4 is 0 Å². The van der Waals surface area contributed by atoms with Crippen LogP contribution in [0.5, 0.6) is 0 Å². The lowest BCUT2D eigenvalue weighted by Gasteiger charge is -2.18. The van der Waals surface area contributed by atoms with E-state index in [0.29, 0.717) is 0 Å². The number of carboxylic acid groups (broad SMARTS) is 3. The standard InChI is InChI=1S/C6H8O7.Mg.4H2O.2H/c7-3(8)1-6(13,5(11)12)2-4(9)10;;;;;;;/h13H,1-2H2,(H,7,8)(H,9,10)(H,11,12);;4*1H2;;. The molecule has 18 heavy (non-hydrogen) atoms. The van der Waals surface area contributed by atoms with Crippen molar-refractivity contribution in [1.29, 1.82) is 0 Å². The minimum atomic E-state index is -2.74. The lowest BCUT2D eigenvalue weighted by Crippen LogP contribution is -2.42. The van der Waals surface area contributed by atoms with E-state index in [4.69, 9.17) is 20.4 Å². The van der Waals surface area contributed by atoms with Crippen LogP contribution in [-0.2, 0) is 14.4 Å². The quantitative estimate of drug-likeness (QED) is 0.356. The molecule has 0 radical (unpaired) electrons. The normalized spacial score (nSPS) is 7.83. The Hall–Kier alpha value is -1.02. The second kappa shape index (κ2) is 14.0. The minimum absolute atomic E-state index is 0. The van der Waals surface area contributed by atoms with Gasteiger partial charge in [0.15, 0.2) is 5.60 Å². The van der Waals surface area contributed by atoms with Gasteiger partial charge in [0.1, 0.15) is 0 Å². The molecule has 0 unspecified atom stereocenters. The highest BCUT2D eigenvalue weighted by Crippen LogP contribution is 2.15. The average Bonchev–Trinajstić information content (AvgIpc) is 1.82. The molecule has 0 atom stereocenters. The first-order chi connectivity index (χ1) is 5.78. The SMILES string of the molecule is O.O.O.O.O=C(O)CC(O)(CC(=O)O)C(=O)O.[MgH2]. The first-order valence-electron chi connectivity index (χ1n) is 3.17. The van der Waals surface area contributed by atoms with E-state index in [2.05, 4.69) is 0 Å². The summed E-state index contributed by atoms with van der Waals surface area (Å²) in [5.74, 6) is -5.02. The molecule has 0 rings (SSSR count). The predicted molar refractivity (Wildman–Crippen MR) is 60.1 cm³/mol. The van der Waals surface area contributed by atoms with E-state index in [1.807, 2.05) is 0 Å². The van der Waals surface area contributed by atoms with Crippen molar-refractivity contribution < 1.29 is 56.7 Å². The zero-order valence-corrected chi connectivity index (χ0v) is 8.43. The summed E-state index contributed by atoms with van der Waals surface area (Å²) < 4.78 is 0. The number of aliphatic hydroxyl groups is 1. The molecule has 0 aromatic rings. The van der Waals surface area contributed by atoms with Gasteiger partial charge in [0.05, 0.1) is 12.8 Å². The lowest BCUT2D eigenvalue weighted by molar-refractivity contribution is -0.170. The summed E-state index contributed by atoms with van der Waals surface area (Å²) in [7, 11) is 0. The Morgan fingerprint density at radius 3 is 1.11 bits per heavy atom. The van der Waals surface area contributed by atoms with Gasteiger partial charge in [-0.25, -0.2) is 4.79 Å². The third kappa shape index (κ3) is 13.0. The molecule has 0 aromatic carbocycles. The first-order valence-corrected chi connectivity index (χ1v) is 3.17. The maximum absolute atomic E-state index is 10.3. The zero-order valence-electron chi connectivity index (χ0n) is 8.43. The molecule has 0 saturated heterocycles. The summed E-state index contributed by atoms with van der Waals surface area (Å²) in [6.07, 6.45) is -2.29. The molecule has 0 spiro atoms. The van der Waals surface area contributed by atoms with Crippen molar-refractivity contribution in [2.45, 2.75) is 18.4 Å². The van der Waals surface area contributed by atoms with Crippen LogP contribution in [0.4, 0.5) is 0 Å². The molecule has 0 aromatic heterocycles. The molecule has 12 N–H and O–H groups in total. The molecule has 110 valence electrons. The summed E-state index contributed by atoms with van der Waals surface area (Å²) in [4.78, 5) is 30.5. The van der Waals surface area contributed by atoms with Crippen LogP contribution >= 0.6 is 0 Å². The summed E-state index contributed by atoms with van der Waals surface area (Å²) in [6, 6.07) is 0. The molecule has 0 amide bonds. The highest BCUT2D eigenvalue weighted by molar-refractivity contribution is 5.88. The van der Waals surface area contributed by atoms with Crippen molar-refractivity contribution in [1.82, 2.24) is 0 Å². The van der Waals surface area contributed by atoms with Crippen LogP contribution in [0.3, 0.4) is 0 Å². The predicted octanol–water partition coefficient (Wildman–Crippen LogP) is -5.46. The summed E-state index contributed by atoms with van der Waals surface area (Å²) in [5, 5.41) is 33.8. The molecular formula is C6H18MgO11. The molecule has 0 aliphatic rings. The van der Waals surface area contributed by atoms with Crippen molar-refractivity contribution in [3.05, 3.63) is 0 Å². The Bertz CT molecular complexity index is 236. The van der Waals surface area contributed by atoms with Gasteiger partial charge < -0.3 is 42.3 Å². The van der Waals surface area contributed by atoms with Gasteiger partial charge in [-0.15, -0.1) is 0 Å². The van der Waals surface area contributed by atoms with Crippen LogP contribution in [0.1, 0.15) is 12.8 Å². The maximum atomic E-state index is 10.3. The Labute approximate surface area is 116 Å². The van der Waals surface area contributed by atoms with E-state index in [-0.39, 0.29) is 45.0 Å². The van der Waals surface area contributed by atoms with Gasteiger partial charge in [-0.05, 0) is 0 Å². The third-order valence-electron chi connectivity index (χ3n) is 1.29. The van der Waals surface area contributed by atoms with Crippen molar-refractivity contribution in [2.75, 3.05) is 0 Å². The number of carboxylic acids is 3. The number of aliphatic carboxylic acids is 3. The fraction of sp³-hybridized carbons (Fsp3) is 0.500. The molecule has 0 aliphatic heterocycles. The number of rotatable bonds is 5. The Morgan fingerprint density at radius 2 is 1.00 bits per heavy atom. The first kappa shape index (κ1) is 36.0. The van der Waals surface area contributed by atoms with Crippen LogP contribution in [0.2, 0.25) is 0 Å². The van der Waals surface area contributed by atoms with Crippen LogP contribution in [-0.4, -0.2) is 88.9 Å². The molecule has 11 nitrogen and oxygen atoms in total. The average molecular weight is 291 g/mol. The maximum Gasteiger partial charge on any atom is 0.336 e. The Kier molecular flexibility index (Phi) is 28.1. The van der Waals surface area contributed by atoms with Gasteiger partial charge in [0.2, 0.25) is 0 Å². The number of hydrogen-bond acceptors (Lipinski definition) is 4. The van der Waals surface area contributed by atoms with E-state index in [1.165, 1.54) is 0 Å². The summed E-state index contributed by atoms with van der Waals surface area (Å²) in [5.41, 5.74) is -2.74. The van der Waals surface area contributed by atoms with Crippen LogP contribution in [0.25, 0.3) is 0 Å².